The van der Waals surface area contributed by atoms with Crippen molar-refractivity contribution in [2.75, 3.05) is 78.0 Å². The molecule has 36 atom stereocenters. The molecule has 18 saturated heterocycles. The summed E-state index contributed by atoms with van der Waals surface area (Å²) in [5.74, 6) is -0.864. The molecule has 0 aromatic heterocycles. The summed E-state index contributed by atoms with van der Waals surface area (Å²) in [5.41, 5.74) is 0. The minimum Gasteiger partial charge on any atom is -0.394 e. The van der Waals surface area contributed by atoms with E-state index >= 15 is 0 Å². The van der Waals surface area contributed by atoms with Crippen LogP contribution in [0.1, 0.15) is 6.42 Å². The molecule has 532 valence electrons. The molecule has 0 spiro atoms. The Labute approximate surface area is 524 Å². The lowest BCUT2D eigenvalue weighted by Gasteiger charge is -2.50. The van der Waals surface area contributed by atoms with E-state index in [1.807, 2.05) is 0 Å². The molecule has 18 aliphatic rings. The first kappa shape index (κ1) is 76.8. The molecule has 18 rings (SSSR count). The van der Waals surface area contributed by atoms with Crippen LogP contribution < -0.4 is 5.32 Å². The summed E-state index contributed by atoms with van der Waals surface area (Å²) in [4.78, 5) is 13.0. The molecule has 12 bridgehead atoms. The lowest BCUT2D eigenvalue weighted by Crippen LogP contribution is -2.70. The van der Waals surface area contributed by atoms with Crippen LogP contribution in [0, 0.1) is 0 Å². The molecule has 41 heteroatoms. The number of halogens is 1. The van der Waals surface area contributed by atoms with Crippen LogP contribution in [-0.2, 0) is 75.8 Å². The third-order valence-corrected chi connectivity index (χ3v) is 16.7. The second kappa shape index (κ2) is 35.3. The average Bonchev–Trinajstić information content (AvgIpc) is 0.851. The predicted octanol–water partition coefficient (Wildman–Crippen LogP) is -16.0. The largest absolute Gasteiger partial charge is 0.394 e. The molecular weight excluding hydrogens is 1320 g/mol. The van der Waals surface area contributed by atoms with Crippen molar-refractivity contribution in [2.24, 2.45) is 0 Å². The van der Waals surface area contributed by atoms with E-state index in [1.54, 1.807) is 0 Å². The number of rotatable bonds is 13. The molecule has 0 aromatic carbocycles. The van der Waals surface area contributed by atoms with Gasteiger partial charge in [-0.15, -0.1) is 0 Å². The molecule has 40 nitrogen and oxygen atoms in total. The topological polar surface area (TPSA) is 633 Å². The maximum atomic E-state index is 13.0. The first-order valence-electron chi connectivity index (χ1n) is 29.0. The maximum Gasteiger partial charge on any atom is 0.231 e. The van der Waals surface area contributed by atoms with E-state index in [1.165, 1.54) is 0 Å². The van der Waals surface area contributed by atoms with Crippen molar-refractivity contribution >= 4 is 21.8 Å². The fourth-order valence-electron chi connectivity index (χ4n) is 11.2. The third-order valence-electron chi connectivity index (χ3n) is 16.2. The van der Waals surface area contributed by atoms with E-state index in [-0.39, 0.29) is 0 Å². The molecule has 0 aliphatic carbocycles. The van der Waals surface area contributed by atoms with E-state index in [0.29, 0.717) is 0 Å². The summed E-state index contributed by atoms with van der Waals surface area (Å²) in [6.07, 6.45) is -71.0. The summed E-state index contributed by atoms with van der Waals surface area (Å²) >= 11 is 2.96. The molecular formula is C50H86BrNO39. The van der Waals surface area contributed by atoms with Crippen molar-refractivity contribution in [1.82, 2.24) is 5.32 Å². The molecule has 24 N–H and O–H groups in total. The van der Waals surface area contributed by atoms with Gasteiger partial charge in [-0.3, -0.25) is 4.79 Å². The van der Waals surface area contributed by atoms with Crippen LogP contribution >= 0.6 is 15.9 Å². The molecule has 0 saturated carbocycles. The number of carbonyl (C=O) groups is 1. The Morgan fingerprint density at radius 3 is 1.09 bits per heavy atom. The van der Waals surface area contributed by atoms with Crippen molar-refractivity contribution in [2.45, 2.75) is 227 Å². The van der Waals surface area contributed by atoms with Crippen LogP contribution in [0.5, 0.6) is 0 Å². The van der Waals surface area contributed by atoms with Crippen LogP contribution in [0.25, 0.3) is 0 Å². The zero-order chi connectivity index (χ0) is 66.9. The van der Waals surface area contributed by atoms with Gasteiger partial charge in [0.1, 0.15) is 165 Å². The molecule has 18 aliphatic heterocycles. The third kappa shape index (κ3) is 17.8. The maximum absolute atomic E-state index is 13.0. The zero-order valence-electron chi connectivity index (χ0n) is 48.2. The van der Waals surface area contributed by atoms with Crippen LogP contribution in [-0.4, -0.2) is 422 Å². The van der Waals surface area contributed by atoms with Crippen LogP contribution in [0.15, 0.2) is 0 Å². The Morgan fingerprint density at radius 2 is 0.747 bits per heavy atom. The van der Waals surface area contributed by atoms with Crippen LogP contribution in [0.4, 0.5) is 0 Å². The van der Waals surface area contributed by atoms with Crippen molar-refractivity contribution in [3.05, 3.63) is 0 Å². The van der Waals surface area contributed by atoms with Crippen molar-refractivity contribution in [3.63, 3.8) is 0 Å². The number of hydrogen-bond acceptors (Lipinski definition) is 39. The number of fused-ring (bicyclic) bond motifs is 2. The van der Waals surface area contributed by atoms with Gasteiger partial charge in [-0.05, 0) is 0 Å². The standard InChI is InChI=1S/C50H86BrNO39/c51-4-24(64)52-25-27(66)38-18(6-55)80-44(25)86-39-19(7-56)82-48(34(73)29(39)68)90-42-22(10-59)85-50(37(76)32(42)71)91-43-23(11-60)84-49(36(75)31(43)70)89-41-21(9-58)81-46(33(72)28(41)67)79-17(15(62)5-54)3-14(61)12-77-13-16(63)26(65)45(78-2-1-53)87-40-20(8-57)83-47(88-38)35(74)30(40)69/h14-23,25-50,53-63,65-76H,1-13H2,(H,52,64)/t14?,15?,16?,17-,18?,19?,20?,21?,22?,23?,25?,26?,27?,28?,29?,30?,31?,32?,33?,34?,35?,36?,37?,38+,39+,40+,41+,42+,43+,44+,45+,46-,47+,48+,49+,50?/m0/s1. The Hall–Kier alpha value is -1.57. The highest BCUT2D eigenvalue weighted by Gasteiger charge is 2.59. The molecule has 91 heavy (non-hydrogen) atoms. The van der Waals surface area contributed by atoms with Crippen molar-refractivity contribution in [3.8, 4) is 0 Å². The highest BCUT2D eigenvalue weighted by molar-refractivity contribution is 9.09. The highest BCUT2D eigenvalue weighted by Crippen LogP contribution is 2.38. The Balaban J connectivity index is 1.17. The Bertz CT molecular complexity index is 2140. The number of aliphatic hydroxyl groups excluding tert-OH is 23. The highest BCUT2D eigenvalue weighted by atomic mass is 79.9. The van der Waals surface area contributed by atoms with E-state index in [0.717, 1.165) is 0 Å². The average molecular weight is 1410 g/mol. The van der Waals surface area contributed by atoms with Crippen LogP contribution in [0.2, 0.25) is 0 Å². The summed E-state index contributed by atoms with van der Waals surface area (Å²) in [6.45, 7) is -10.4. The molecule has 18 heterocycles. The minimum atomic E-state index is -2.27. The van der Waals surface area contributed by atoms with E-state index in [9.17, 15) is 122 Å². The fourth-order valence-corrected chi connectivity index (χ4v) is 11.4. The second-order valence-corrected chi connectivity index (χ2v) is 23.0. The first-order valence-corrected chi connectivity index (χ1v) is 30.1. The van der Waals surface area contributed by atoms with Crippen molar-refractivity contribution < 1.29 is 193 Å². The normalized spacial score (nSPS) is 49.2. The van der Waals surface area contributed by atoms with Gasteiger partial charge in [-0.1, -0.05) is 15.9 Å². The quantitative estimate of drug-likeness (QED) is 0.0762. The summed E-state index contributed by atoms with van der Waals surface area (Å²) in [6, 6.07) is -1.82. The number of alkyl halides is 1. The summed E-state index contributed by atoms with van der Waals surface area (Å²) < 4.78 is 85.7. The van der Waals surface area contributed by atoms with Gasteiger partial charge in [0, 0.05) is 6.42 Å². The van der Waals surface area contributed by atoms with E-state index in [2.05, 4.69) is 21.2 Å². The zero-order valence-corrected chi connectivity index (χ0v) is 49.8. The Morgan fingerprint density at radius 1 is 0.418 bits per heavy atom. The fraction of sp³-hybridized carbons (Fsp3) is 0.980. The minimum absolute atomic E-state index is 0.435. The number of amides is 1. The Kier molecular flexibility index (Phi) is 29.8. The predicted molar refractivity (Wildman–Crippen MR) is 284 cm³/mol. The number of aliphatic hydroxyl groups is 23. The van der Waals surface area contributed by atoms with E-state index < -0.39 is 311 Å². The number of hydrogen-bond donors (Lipinski definition) is 24. The first-order chi connectivity index (χ1) is 43.3. The van der Waals surface area contributed by atoms with E-state index in [4.69, 9.17) is 71.1 Å². The number of carbonyl (C=O) groups excluding carboxylic acids is 1. The van der Waals surface area contributed by atoms with Gasteiger partial charge in [0.25, 0.3) is 0 Å². The molecule has 0 radical (unpaired) electrons. The van der Waals surface area contributed by atoms with Crippen molar-refractivity contribution in [1.29, 1.82) is 0 Å². The van der Waals surface area contributed by atoms with Crippen LogP contribution in [0.3, 0.4) is 0 Å². The SMILES string of the molecule is O=C(CBr)NC1C(O)[C@@H]2O[C@H]3OC(CO)[C@@H](O[C@@H](OCCO)C(O)C(O)COCC(O)C[C@@H](C(O)CO)O[C@H]4OC(CO)[C@@H](O[C@H]5OC(CO)[C@@H](OC6OC(CO)[C@@H](O[C@H]7OC(CO)[C@@H](O[C@H]1OC2CO)C(O)C7O)C(O)C6O)C(O)C5O)C(O)C4O)C(O)C3O. The summed E-state index contributed by atoms with van der Waals surface area (Å²) in [7, 11) is 0. The smallest absolute Gasteiger partial charge is 0.231 e. The number of nitrogens with one attached hydrogen (secondary N) is 1. The lowest BCUT2D eigenvalue weighted by atomic mass is 9.94. The van der Waals surface area contributed by atoms with Gasteiger partial charge in [0.05, 0.1) is 90.2 Å². The number of ether oxygens (including phenoxy) is 15. The van der Waals surface area contributed by atoms with Gasteiger partial charge in [0.2, 0.25) is 5.91 Å². The van der Waals surface area contributed by atoms with Gasteiger partial charge in [0.15, 0.2) is 44.0 Å². The molecule has 18 fully saturated rings. The molecule has 23 unspecified atom stereocenters. The lowest BCUT2D eigenvalue weighted by molar-refractivity contribution is -0.394. The molecule has 0 aromatic rings. The van der Waals surface area contributed by atoms with Gasteiger partial charge in [-0.25, -0.2) is 0 Å². The van der Waals surface area contributed by atoms with Gasteiger partial charge >= 0.3 is 0 Å². The van der Waals surface area contributed by atoms with Gasteiger partial charge in [-0.2, -0.15) is 0 Å². The second-order valence-electron chi connectivity index (χ2n) is 22.5. The molecule has 1 amide bonds. The summed E-state index contributed by atoms with van der Waals surface area (Å²) in [5, 5.41) is 254. The monoisotopic (exact) mass is 1400 g/mol. The van der Waals surface area contributed by atoms with Gasteiger partial charge < -0.3 is 194 Å².